The second-order valence-electron chi connectivity index (χ2n) is 5.87. The van der Waals surface area contributed by atoms with Crippen LogP contribution in [0.1, 0.15) is 12.0 Å². The van der Waals surface area contributed by atoms with Crippen LogP contribution < -0.4 is 15.0 Å². The van der Waals surface area contributed by atoms with Gasteiger partial charge >= 0.3 is 0 Å². The third kappa shape index (κ3) is 3.48. The highest BCUT2D eigenvalue weighted by Gasteiger charge is 2.36. The number of benzene rings is 2. The first-order chi connectivity index (χ1) is 12.5. The molecule has 3 rings (SSSR count). The zero-order chi connectivity index (χ0) is 18.7. The van der Waals surface area contributed by atoms with Gasteiger partial charge in [0.25, 0.3) is 0 Å². The lowest BCUT2D eigenvalue weighted by Gasteiger charge is -2.18. The van der Waals surface area contributed by atoms with Gasteiger partial charge in [-0.15, -0.1) is 0 Å². The third-order valence-corrected chi connectivity index (χ3v) is 4.47. The topological polar surface area (TPSA) is 82.4 Å². The van der Waals surface area contributed by atoms with Gasteiger partial charge in [-0.05, 0) is 30.3 Å². The van der Waals surface area contributed by atoms with Crippen LogP contribution in [0.2, 0.25) is 5.02 Å². The van der Waals surface area contributed by atoms with E-state index in [9.17, 15) is 14.9 Å². The summed E-state index contributed by atoms with van der Waals surface area (Å²) in [7, 11) is 1.50. The van der Waals surface area contributed by atoms with Gasteiger partial charge in [0.2, 0.25) is 11.8 Å². The number of hydrogen-bond acceptors (Lipinski definition) is 4. The van der Waals surface area contributed by atoms with Gasteiger partial charge in [-0.1, -0.05) is 23.7 Å². The van der Waals surface area contributed by atoms with Crippen molar-refractivity contribution in [3.05, 3.63) is 53.1 Å². The van der Waals surface area contributed by atoms with Crippen LogP contribution in [0.15, 0.2) is 42.5 Å². The molecular weight excluding hydrogens is 354 g/mol. The molecule has 0 bridgehead atoms. The molecule has 1 heterocycles. The highest BCUT2D eigenvalue weighted by Crippen LogP contribution is 2.31. The van der Waals surface area contributed by atoms with Gasteiger partial charge in [0.1, 0.15) is 11.8 Å². The molecule has 26 heavy (non-hydrogen) atoms. The van der Waals surface area contributed by atoms with Crippen molar-refractivity contribution < 1.29 is 14.3 Å². The number of hydrogen-bond donors (Lipinski definition) is 1. The van der Waals surface area contributed by atoms with E-state index in [4.69, 9.17) is 16.3 Å². The number of ether oxygens (including phenoxy) is 1. The number of anilines is 2. The summed E-state index contributed by atoms with van der Waals surface area (Å²) < 4.78 is 5.22. The highest BCUT2D eigenvalue weighted by molar-refractivity contribution is 6.31. The summed E-state index contributed by atoms with van der Waals surface area (Å²) in [4.78, 5) is 26.5. The van der Waals surface area contributed by atoms with Crippen molar-refractivity contribution in [2.24, 2.45) is 5.92 Å². The average Bonchev–Trinajstić information content (AvgIpc) is 3.03. The number of halogens is 1. The Morgan fingerprint density at radius 3 is 2.85 bits per heavy atom. The molecule has 0 aromatic heterocycles. The number of rotatable bonds is 4. The summed E-state index contributed by atoms with van der Waals surface area (Å²) >= 11 is 5.98. The Morgan fingerprint density at radius 2 is 2.12 bits per heavy atom. The Kier molecular flexibility index (Phi) is 5.10. The SMILES string of the molecule is COc1ccc(Cl)cc1NC(=O)C1CC(=O)N(c2ccccc2C#N)C1. The van der Waals surface area contributed by atoms with Crippen LogP contribution in [0, 0.1) is 17.2 Å². The predicted molar refractivity (Wildman–Crippen MR) is 98.3 cm³/mol. The molecule has 1 aliphatic heterocycles. The molecule has 132 valence electrons. The van der Waals surface area contributed by atoms with E-state index in [1.165, 1.54) is 12.0 Å². The van der Waals surface area contributed by atoms with E-state index in [-0.39, 0.29) is 24.8 Å². The van der Waals surface area contributed by atoms with E-state index in [1.807, 2.05) is 0 Å². The van der Waals surface area contributed by atoms with E-state index in [2.05, 4.69) is 11.4 Å². The number of methoxy groups -OCH3 is 1. The Balaban J connectivity index is 1.78. The quantitative estimate of drug-likeness (QED) is 0.897. The summed E-state index contributed by atoms with van der Waals surface area (Å²) in [6.07, 6.45) is 0.0779. The van der Waals surface area contributed by atoms with Crippen LogP contribution in [-0.4, -0.2) is 25.5 Å². The van der Waals surface area contributed by atoms with Gasteiger partial charge in [-0.2, -0.15) is 5.26 Å². The normalized spacial score (nSPS) is 16.3. The van der Waals surface area contributed by atoms with Crippen molar-refractivity contribution in [2.45, 2.75) is 6.42 Å². The van der Waals surface area contributed by atoms with Crippen LogP contribution in [0.25, 0.3) is 0 Å². The maximum atomic E-state index is 12.6. The maximum Gasteiger partial charge on any atom is 0.229 e. The molecule has 1 saturated heterocycles. The van der Waals surface area contributed by atoms with E-state index >= 15 is 0 Å². The smallest absolute Gasteiger partial charge is 0.229 e. The lowest BCUT2D eigenvalue weighted by molar-refractivity contribution is -0.122. The fourth-order valence-electron chi connectivity index (χ4n) is 2.93. The van der Waals surface area contributed by atoms with E-state index in [0.717, 1.165) is 0 Å². The summed E-state index contributed by atoms with van der Waals surface area (Å²) in [5.74, 6) is -0.529. The first-order valence-electron chi connectivity index (χ1n) is 7.97. The Labute approximate surface area is 155 Å². The Morgan fingerprint density at radius 1 is 1.35 bits per heavy atom. The minimum atomic E-state index is -0.530. The Hall–Kier alpha value is -3.04. The minimum Gasteiger partial charge on any atom is -0.495 e. The van der Waals surface area contributed by atoms with Gasteiger partial charge in [-0.25, -0.2) is 0 Å². The van der Waals surface area contributed by atoms with Gasteiger partial charge in [0.05, 0.1) is 30.0 Å². The number of nitrogens with zero attached hydrogens (tertiary/aromatic N) is 2. The van der Waals surface area contributed by atoms with Crippen LogP contribution in [-0.2, 0) is 9.59 Å². The molecule has 0 saturated carbocycles. The number of carbonyl (C=O) groups is 2. The van der Waals surface area contributed by atoms with Gasteiger partial charge in [0.15, 0.2) is 0 Å². The monoisotopic (exact) mass is 369 g/mol. The van der Waals surface area contributed by atoms with Crippen molar-refractivity contribution in [1.29, 1.82) is 5.26 Å². The zero-order valence-electron chi connectivity index (χ0n) is 14.0. The van der Waals surface area contributed by atoms with Crippen LogP contribution in [0.4, 0.5) is 11.4 Å². The predicted octanol–water partition coefficient (Wildman–Crippen LogP) is 3.21. The summed E-state index contributed by atoms with van der Waals surface area (Å²) in [5.41, 5.74) is 1.38. The molecule has 0 radical (unpaired) electrons. The summed E-state index contributed by atoms with van der Waals surface area (Å²) in [6.45, 7) is 0.215. The number of nitriles is 1. The van der Waals surface area contributed by atoms with Gasteiger partial charge in [-0.3, -0.25) is 9.59 Å². The van der Waals surface area contributed by atoms with Crippen molar-refractivity contribution in [2.75, 3.05) is 23.9 Å². The molecule has 2 aromatic carbocycles. The number of para-hydroxylation sites is 1. The molecule has 0 spiro atoms. The molecule has 6 nitrogen and oxygen atoms in total. The summed E-state index contributed by atoms with van der Waals surface area (Å²) in [6, 6.07) is 13.8. The second-order valence-corrected chi connectivity index (χ2v) is 6.30. The molecule has 1 aliphatic rings. The van der Waals surface area contributed by atoms with Gasteiger partial charge < -0.3 is 15.0 Å². The largest absolute Gasteiger partial charge is 0.495 e. The number of carbonyl (C=O) groups excluding carboxylic acids is 2. The fraction of sp³-hybridized carbons (Fsp3) is 0.211. The van der Waals surface area contributed by atoms with Crippen molar-refractivity contribution in [1.82, 2.24) is 0 Å². The minimum absolute atomic E-state index is 0.0779. The molecule has 0 aliphatic carbocycles. The molecule has 7 heteroatoms. The van der Waals surface area contributed by atoms with Crippen molar-refractivity contribution in [3.8, 4) is 11.8 Å². The van der Waals surface area contributed by atoms with Crippen LogP contribution >= 0.6 is 11.6 Å². The zero-order valence-corrected chi connectivity index (χ0v) is 14.8. The van der Waals surface area contributed by atoms with E-state index in [0.29, 0.717) is 27.7 Å². The van der Waals surface area contributed by atoms with Crippen molar-refractivity contribution >= 4 is 34.8 Å². The molecule has 2 amide bonds. The maximum absolute atomic E-state index is 12.6. The highest BCUT2D eigenvalue weighted by atomic mass is 35.5. The lowest BCUT2D eigenvalue weighted by Crippen LogP contribution is -2.28. The molecular formula is C19H16ClN3O3. The molecule has 1 fully saturated rings. The molecule has 1 unspecified atom stereocenters. The van der Waals surface area contributed by atoms with E-state index < -0.39 is 5.92 Å². The molecule has 2 aromatic rings. The first kappa shape index (κ1) is 17.8. The lowest BCUT2D eigenvalue weighted by atomic mass is 10.1. The molecule has 1 atom stereocenters. The third-order valence-electron chi connectivity index (χ3n) is 4.23. The number of amides is 2. The van der Waals surface area contributed by atoms with Gasteiger partial charge in [0, 0.05) is 18.0 Å². The fourth-order valence-corrected chi connectivity index (χ4v) is 3.10. The first-order valence-corrected chi connectivity index (χ1v) is 8.35. The van der Waals surface area contributed by atoms with Crippen molar-refractivity contribution in [3.63, 3.8) is 0 Å². The summed E-state index contributed by atoms with van der Waals surface area (Å²) in [5, 5.41) is 12.5. The van der Waals surface area contributed by atoms with Crippen LogP contribution in [0.5, 0.6) is 5.75 Å². The average molecular weight is 370 g/mol. The van der Waals surface area contributed by atoms with E-state index in [1.54, 1.807) is 42.5 Å². The second kappa shape index (κ2) is 7.46. The van der Waals surface area contributed by atoms with Crippen LogP contribution in [0.3, 0.4) is 0 Å². The number of nitrogens with one attached hydrogen (secondary N) is 1. The molecule has 1 N–H and O–H groups in total. The standard InChI is InChI=1S/C19H16ClN3O3/c1-26-17-7-6-14(20)9-15(17)22-19(25)13-8-18(24)23(11-13)16-5-3-2-4-12(16)10-21/h2-7,9,13H,8,11H2,1H3,(H,22,25). The Bertz CT molecular complexity index is 907.